The molecular weight excluding hydrogens is 242 g/mol. The Morgan fingerprint density at radius 2 is 2.16 bits per heavy atom. The van der Waals surface area contributed by atoms with Crippen molar-refractivity contribution in [2.45, 2.75) is 32.2 Å². The molecule has 0 aromatic carbocycles. The van der Waals surface area contributed by atoms with Gasteiger partial charge in [0, 0.05) is 25.3 Å². The largest absolute Gasteiger partial charge is 0.384 e. The molecule has 2 rings (SSSR count). The van der Waals surface area contributed by atoms with Gasteiger partial charge in [0.05, 0.1) is 11.9 Å². The Morgan fingerprint density at radius 3 is 2.74 bits per heavy atom. The number of amides is 1. The zero-order valence-corrected chi connectivity index (χ0v) is 11.5. The number of pyridine rings is 1. The molecule has 1 fully saturated rings. The van der Waals surface area contributed by atoms with Crippen LogP contribution in [-0.4, -0.2) is 36.2 Å². The monoisotopic (exact) mass is 263 g/mol. The maximum atomic E-state index is 12.2. The van der Waals surface area contributed by atoms with Crippen molar-refractivity contribution in [2.24, 2.45) is 0 Å². The molecule has 0 unspecified atom stereocenters. The Morgan fingerprint density at radius 1 is 1.42 bits per heavy atom. The first-order chi connectivity index (χ1) is 9.13. The molecule has 1 aromatic rings. The van der Waals surface area contributed by atoms with Crippen molar-refractivity contribution in [1.82, 2.24) is 10.3 Å². The number of hydrogen-bond acceptors (Lipinski definition) is 4. The first kappa shape index (κ1) is 13.8. The second-order valence-corrected chi connectivity index (χ2v) is 5.09. The zero-order valence-electron chi connectivity index (χ0n) is 11.5. The van der Waals surface area contributed by atoms with Crippen LogP contribution in [0.2, 0.25) is 0 Å². The second kappa shape index (κ2) is 6.02. The van der Waals surface area contributed by atoms with Crippen molar-refractivity contribution in [1.29, 1.82) is 0 Å². The molecule has 5 heteroatoms. The summed E-state index contributed by atoms with van der Waals surface area (Å²) in [6.07, 6.45) is 3.37. The summed E-state index contributed by atoms with van der Waals surface area (Å²) in [5.41, 5.74) is 1.20. The highest BCUT2D eigenvalue weighted by molar-refractivity contribution is 5.93. The minimum Gasteiger partial charge on any atom is -0.384 e. The van der Waals surface area contributed by atoms with Gasteiger partial charge in [0.25, 0.3) is 5.91 Å². The van der Waals surface area contributed by atoms with Crippen molar-refractivity contribution >= 4 is 11.6 Å². The molecule has 0 atom stereocenters. The van der Waals surface area contributed by atoms with E-state index in [2.05, 4.69) is 22.5 Å². The molecule has 19 heavy (non-hydrogen) atoms. The number of aromatic nitrogens is 1. The van der Waals surface area contributed by atoms with Crippen LogP contribution >= 0.6 is 0 Å². The van der Waals surface area contributed by atoms with Gasteiger partial charge in [-0.15, -0.1) is 0 Å². The maximum Gasteiger partial charge on any atom is 0.270 e. The smallest absolute Gasteiger partial charge is 0.270 e. The van der Waals surface area contributed by atoms with Crippen molar-refractivity contribution in [3.8, 4) is 0 Å². The number of nitrogens with one attached hydrogen (secondary N) is 2. The highest BCUT2D eigenvalue weighted by atomic mass is 16.5. The normalized spacial score (nSPS) is 17.8. The van der Waals surface area contributed by atoms with E-state index in [0.29, 0.717) is 18.9 Å². The highest BCUT2D eigenvalue weighted by Gasteiger charge is 2.29. The van der Waals surface area contributed by atoms with Gasteiger partial charge < -0.3 is 15.4 Å². The zero-order chi connectivity index (χ0) is 13.7. The molecule has 1 aliphatic heterocycles. The van der Waals surface area contributed by atoms with Crippen molar-refractivity contribution in [3.63, 3.8) is 0 Å². The molecule has 0 radical (unpaired) electrons. The SMILES string of the molecule is CCNc1ccc(C(=O)NC2(C)CCOCC2)nc1. The van der Waals surface area contributed by atoms with E-state index >= 15 is 0 Å². The molecule has 5 nitrogen and oxygen atoms in total. The first-order valence-electron chi connectivity index (χ1n) is 6.73. The van der Waals surface area contributed by atoms with Gasteiger partial charge in [-0.25, -0.2) is 4.98 Å². The minimum absolute atomic E-state index is 0.118. The number of nitrogens with zero attached hydrogens (tertiary/aromatic N) is 1. The first-order valence-corrected chi connectivity index (χ1v) is 6.73. The molecule has 1 aromatic heterocycles. The lowest BCUT2D eigenvalue weighted by atomic mass is 9.92. The van der Waals surface area contributed by atoms with E-state index in [0.717, 1.165) is 25.1 Å². The topological polar surface area (TPSA) is 63.2 Å². The summed E-state index contributed by atoms with van der Waals surface area (Å²) >= 11 is 0. The Bertz CT molecular complexity index is 425. The summed E-state index contributed by atoms with van der Waals surface area (Å²) in [7, 11) is 0. The Hall–Kier alpha value is -1.62. The Kier molecular flexibility index (Phi) is 4.37. The van der Waals surface area contributed by atoms with Crippen molar-refractivity contribution in [3.05, 3.63) is 24.0 Å². The summed E-state index contributed by atoms with van der Waals surface area (Å²) in [5.74, 6) is -0.118. The van der Waals surface area contributed by atoms with Crippen molar-refractivity contribution < 1.29 is 9.53 Å². The van der Waals surface area contributed by atoms with Gasteiger partial charge in [0.2, 0.25) is 0 Å². The average Bonchev–Trinajstić information content (AvgIpc) is 2.40. The van der Waals surface area contributed by atoms with Crippen LogP contribution in [0.5, 0.6) is 0 Å². The van der Waals surface area contributed by atoms with Gasteiger partial charge in [-0.3, -0.25) is 4.79 Å². The lowest BCUT2D eigenvalue weighted by Gasteiger charge is -2.34. The quantitative estimate of drug-likeness (QED) is 0.869. The number of ether oxygens (including phenoxy) is 1. The third-order valence-corrected chi connectivity index (χ3v) is 3.39. The molecular formula is C14H21N3O2. The van der Waals surface area contributed by atoms with Crippen LogP contribution in [-0.2, 0) is 4.74 Å². The molecule has 1 saturated heterocycles. The van der Waals surface area contributed by atoms with Crippen LogP contribution in [0.3, 0.4) is 0 Å². The van der Waals surface area contributed by atoms with E-state index in [-0.39, 0.29) is 11.4 Å². The molecule has 0 aliphatic carbocycles. The number of carbonyl (C=O) groups is 1. The number of carbonyl (C=O) groups excluding carboxylic acids is 1. The maximum absolute atomic E-state index is 12.2. The molecule has 2 N–H and O–H groups in total. The molecule has 0 saturated carbocycles. The Labute approximate surface area is 113 Å². The van der Waals surface area contributed by atoms with Crippen LogP contribution in [0.15, 0.2) is 18.3 Å². The fourth-order valence-electron chi connectivity index (χ4n) is 2.12. The van der Waals surface area contributed by atoms with E-state index in [1.807, 2.05) is 13.0 Å². The predicted molar refractivity (Wildman–Crippen MR) is 74.3 cm³/mol. The van der Waals surface area contributed by atoms with Crippen LogP contribution in [0.1, 0.15) is 37.2 Å². The molecule has 104 valence electrons. The van der Waals surface area contributed by atoms with Gasteiger partial charge in [0.15, 0.2) is 0 Å². The van der Waals surface area contributed by atoms with Crippen LogP contribution in [0.25, 0.3) is 0 Å². The number of anilines is 1. The summed E-state index contributed by atoms with van der Waals surface area (Å²) < 4.78 is 5.32. The second-order valence-electron chi connectivity index (χ2n) is 5.09. The van der Waals surface area contributed by atoms with Crippen LogP contribution in [0.4, 0.5) is 5.69 Å². The molecule has 0 bridgehead atoms. The fraction of sp³-hybridized carbons (Fsp3) is 0.571. The van der Waals surface area contributed by atoms with Gasteiger partial charge in [-0.2, -0.15) is 0 Å². The molecule has 0 spiro atoms. The summed E-state index contributed by atoms with van der Waals surface area (Å²) in [5, 5.41) is 6.21. The lowest BCUT2D eigenvalue weighted by molar-refractivity contribution is 0.0421. The highest BCUT2D eigenvalue weighted by Crippen LogP contribution is 2.20. The average molecular weight is 263 g/mol. The predicted octanol–water partition coefficient (Wildman–Crippen LogP) is 1.81. The summed E-state index contributed by atoms with van der Waals surface area (Å²) in [6.45, 7) is 6.31. The van der Waals surface area contributed by atoms with E-state index in [1.165, 1.54) is 0 Å². The van der Waals surface area contributed by atoms with E-state index < -0.39 is 0 Å². The van der Waals surface area contributed by atoms with E-state index in [9.17, 15) is 4.79 Å². The van der Waals surface area contributed by atoms with Crippen LogP contribution < -0.4 is 10.6 Å². The van der Waals surface area contributed by atoms with Crippen LogP contribution in [0, 0.1) is 0 Å². The van der Waals surface area contributed by atoms with E-state index in [1.54, 1.807) is 12.3 Å². The summed E-state index contributed by atoms with van der Waals surface area (Å²) in [6, 6.07) is 3.62. The van der Waals surface area contributed by atoms with Gasteiger partial charge in [-0.05, 0) is 38.8 Å². The third-order valence-electron chi connectivity index (χ3n) is 3.39. The molecule has 2 heterocycles. The van der Waals surface area contributed by atoms with Gasteiger partial charge >= 0.3 is 0 Å². The van der Waals surface area contributed by atoms with Gasteiger partial charge in [0.1, 0.15) is 5.69 Å². The number of hydrogen-bond donors (Lipinski definition) is 2. The van der Waals surface area contributed by atoms with Gasteiger partial charge in [-0.1, -0.05) is 0 Å². The van der Waals surface area contributed by atoms with Crippen molar-refractivity contribution in [2.75, 3.05) is 25.1 Å². The Balaban J connectivity index is 1.99. The third kappa shape index (κ3) is 3.67. The summed E-state index contributed by atoms with van der Waals surface area (Å²) in [4.78, 5) is 16.3. The minimum atomic E-state index is -0.183. The standard InChI is InChI=1S/C14H21N3O2/c1-3-15-11-4-5-12(16-10-11)13(18)17-14(2)6-8-19-9-7-14/h4-5,10,15H,3,6-9H2,1-2H3,(H,17,18). The van der Waals surface area contributed by atoms with E-state index in [4.69, 9.17) is 4.74 Å². The lowest BCUT2D eigenvalue weighted by Crippen LogP contribution is -2.49. The fourth-order valence-corrected chi connectivity index (χ4v) is 2.12. The molecule has 1 amide bonds. The number of rotatable bonds is 4. The molecule has 1 aliphatic rings.